The summed E-state index contributed by atoms with van der Waals surface area (Å²) < 4.78 is 5.51. The number of amides is 2. The van der Waals surface area contributed by atoms with Gasteiger partial charge in [0.05, 0.1) is 25.0 Å². The van der Waals surface area contributed by atoms with Crippen molar-refractivity contribution in [2.75, 3.05) is 62.5 Å². The highest BCUT2D eigenvalue weighted by atomic mass is 16.5. The first-order valence-electron chi connectivity index (χ1n) is 13.5. The van der Waals surface area contributed by atoms with Crippen molar-refractivity contribution < 1.29 is 19.4 Å². The maximum Gasteiger partial charge on any atom is 0.276 e. The number of hydrogen-bond donors (Lipinski definition) is 3. The number of nitrogens with zero attached hydrogens (tertiary/aromatic N) is 6. The molecular weight excluding hydrogens is 536 g/mol. The van der Waals surface area contributed by atoms with Crippen LogP contribution in [0.1, 0.15) is 10.5 Å². The average molecular weight is 569 g/mol. The molecule has 1 aromatic carbocycles. The predicted octanol–water partition coefficient (Wildman–Crippen LogP) is 2.59. The molecule has 5 rings (SSSR count). The minimum absolute atomic E-state index is 0.0832. The topological polar surface area (TPSA) is 146 Å². The molecule has 1 aliphatic heterocycles. The Bertz CT molecular complexity index is 1610. The van der Waals surface area contributed by atoms with Gasteiger partial charge in [-0.05, 0) is 44.4 Å². The summed E-state index contributed by atoms with van der Waals surface area (Å²) in [6.45, 7) is 2.13. The maximum absolute atomic E-state index is 13.1. The first-order chi connectivity index (χ1) is 20.4. The van der Waals surface area contributed by atoms with Gasteiger partial charge in [-0.15, -0.1) is 0 Å². The number of carbonyl (C=O) groups excluding carboxylic acids is 2. The van der Waals surface area contributed by atoms with Crippen molar-refractivity contribution in [3.63, 3.8) is 0 Å². The first kappa shape index (κ1) is 28.7. The first-order valence-corrected chi connectivity index (χ1v) is 13.5. The number of nitrogens with one attached hydrogen (secondary N) is 2. The number of aromatic nitrogens is 4. The van der Waals surface area contributed by atoms with Gasteiger partial charge in [-0.3, -0.25) is 19.9 Å². The van der Waals surface area contributed by atoms with Crippen LogP contribution in [0, 0.1) is 0 Å². The van der Waals surface area contributed by atoms with E-state index in [1.165, 1.54) is 6.08 Å². The van der Waals surface area contributed by atoms with Crippen LogP contribution in [-0.4, -0.2) is 94.8 Å². The standard InChI is InChI=1S/C30H32N8O4/c1-37(2)13-5-10-26(40)33-22-7-3-6-20(16-22)27-28-21(11-12-31-27)17-32-30(35-28)36-29(41)24-8-4-9-25(34-24)38-14-15-42-23(18-38)19-39/h3-12,16-17,23,39H,13-15,18-19H2,1-2H3,(H,33,40)(H,32,35,36,41). The van der Waals surface area contributed by atoms with E-state index in [2.05, 4.69) is 30.6 Å². The van der Waals surface area contributed by atoms with Crippen molar-refractivity contribution in [3.05, 3.63) is 78.8 Å². The quantitative estimate of drug-likeness (QED) is 0.258. The molecule has 0 bridgehead atoms. The SMILES string of the molecule is CN(C)CC=CC(=O)Nc1cccc(-c2nccc3cnc(NC(=O)c4cccc(N5CCOC(CO)C5)n4)nc23)c1. The molecule has 0 spiro atoms. The number of carbonyl (C=O) groups is 2. The molecule has 1 atom stereocenters. The highest BCUT2D eigenvalue weighted by Gasteiger charge is 2.22. The Kier molecular flexibility index (Phi) is 9.07. The summed E-state index contributed by atoms with van der Waals surface area (Å²) in [6, 6.07) is 14.3. The number of likely N-dealkylation sites (N-methyl/N-ethyl adjacent to an activating group) is 1. The molecule has 1 fully saturated rings. The molecule has 1 unspecified atom stereocenters. The van der Waals surface area contributed by atoms with E-state index >= 15 is 0 Å². The zero-order valence-electron chi connectivity index (χ0n) is 23.4. The van der Waals surface area contributed by atoms with Crippen molar-refractivity contribution in [1.82, 2.24) is 24.8 Å². The van der Waals surface area contributed by atoms with Gasteiger partial charge in [0.15, 0.2) is 0 Å². The average Bonchev–Trinajstić information content (AvgIpc) is 3.00. The minimum atomic E-state index is -0.458. The molecule has 0 saturated carbocycles. The van der Waals surface area contributed by atoms with Crippen LogP contribution in [0.4, 0.5) is 17.5 Å². The fourth-order valence-electron chi connectivity index (χ4n) is 4.46. The molecule has 4 heterocycles. The predicted molar refractivity (Wildman–Crippen MR) is 160 cm³/mol. The number of pyridine rings is 2. The molecule has 3 aromatic heterocycles. The number of benzene rings is 1. The zero-order chi connectivity index (χ0) is 29.5. The Labute approximate surface area is 243 Å². The maximum atomic E-state index is 13.1. The molecule has 12 heteroatoms. The highest BCUT2D eigenvalue weighted by molar-refractivity contribution is 6.03. The molecule has 216 valence electrons. The molecule has 4 aromatic rings. The lowest BCUT2D eigenvalue weighted by molar-refractivity contribution is -0.111. The minimum Gasteiger partial charge on any atom is -0.394 e. The van der Waals surface area contributed by atoms with E-state index in [0.717, 1.165) is 10.9 Å². The number of hydrogen-bond acceptors (Lipinski definition) is 10. The van der Waals surface area contributed by atoms with Gasteiger partial charge in [0.1, 0.15) is 17.0 Å². The number of anilines is 3. The Morgan fingerprint density at radius 2 is 1.98 bits per heavy atom. The van der Waals surface area contributed by atoms with E-state index in [-0.39, 0.29) is 30.3 Å². The summed E-state index contributed by atoms with van der Waals surface area (Å²) in [5.74, 6) is 0.0407. The summed E-state index contributed by atoms with van der Waals surface area (Å²) in [7, 11) is 3.86. The van der Waals surface area contributed by atoms with Gasteiger partial charge in [-0.1, -0.05) is 24.3 Å². The van der Waals surface area contributed by atoms with Gasteiger partial charge in [-0.2, -0.15) is 0 Å². The van der Waals surface area contributed by atoms with Gasteiger partial charge in [0.2, 0.25) is 11.9 Å². The van der Waals surface area contributed by atoms with Gasteiger partial charge in [0, 0.05) is 54.7 Å². The smallest absolute Gasteiger partial charge is 0.276 e. The summed E-state index contributed by atoms with van der Waals surface area (Å²) in [6.07, 6.45) is 6.28. The van der Waals surface area contributed by atoms with Crippen molar-refractivity contribution >= 4 is 40.2 Å². The molecule has 1 aliphatic rings. The van der Waals surface area contributed by atoms with E-state index in [0.29, 0.717) is 49.0 Å². The number of rotatable bonds is 9. The van der Waals surface area contributed by atoms with Crippen molar-refractivity contribution in [3.8, 4) is 11.3 Å². The molecule has 3 N–H and O–H groups in total. The van der Waals surface area contributed by atoms with Crippen molar-refractivity contribution in [2.45, 2.75) is 6.10 Å². The lowest BCUT2D eigenvalue weighted by Crippen LogP contribution is -2.44. The lowest BCUT2D eigenvalue weighted by Gasteiger charge is -2.32. The molecule has 42 heavy (non-hydrogen) atoms. The fourth-order valence-corrected chi connectivity index (χ4v) is 4.46. The van der Waals surface area contributed by atoms with E-state index in [1.54, 1.807) is 42.7 Å². The molecule has 1 saturated heterocycles. The van der Waals surface area contributed by atoms with Crippen molar-refractivity contribution in [2.24, 2.45) is 0 Å². The second kappa shape index (κ2) is 13.3. The van der Waals surface area contributed by atoms with Gasteiger partial charge < -0.3 is 25.0 Å². The number of aliphatic hydroxyl groups excluding tert-OH is 1. The summed E-state index contributed by atoms with van der Waals surface area (Å²) in [5.41, 5.74) is 2.69. The van der Waals surface area contributed by atoms with Crippen LogP contribution in [0.2, 0.25) is 0 Å². The van der Waals surface area contributed by atoms with Gasteiger partial charge in [-0.25, -0.2) is 15.0 Å². The molecular formula is C30H32N8O4. The highest BCUT2D eigenvalue weighted by Crippen LogP contribution is 2.27. The van der Waals surface area contributed by atoms with E-state index in [9.17, 15) is 14.7 Å². The van der Waals surface area contributed by atoms with Gasteiger partial charge in [0.25, 0.3) is 5.91 Å². The molecule has 12 nitrogen and oxygen atoms in total. The molecule has 2 amide bonds. The fraction of sp³-hybridized carbons (Fsp3) is 0.267. The third-order valence-corrected chi connectivity index (χ3v) is 6.50. The van der Waals surface area contributed by atoms with E-state index in [1.807, 2.05) is 48.2 Å². The number of morpholine rings is 1. The second-order valence-corrected chi connectivity index (χ2v) is 9.98. The third-order valence-electron chi connectivity index (χ3n) is 6.50. The van der Waals surface area contributed by atoms with Crippen LogP contribution in [0.5, 0.6) is 0 Å². The second-order valence-electron chi connectivity index (χ2n) is 9.98. The van der Waals surface area contributed by atoms with Crippen molar-refractivity contribution in [1.29, 1.82) is 0 Å². The third kappa shape index (κ3) is 7.10. The molecule has 0 aliphatic carbocycles. The summed E-state index contributed by atoms with van der Waals surface area (Å²) in [5, 5.41) is 15.8. The number of fused-ring (bicyclic) bond motifs is 1. The van der Waals surface area contributed by atoms with E-state index < -0.39 is 5.91 Å². The Morgan fingerprint density at radius 3 is 2.81 bits per heavy atom. The Morgan fingerprint density at radius 1 is 1.12 bits per heavy atom. The van der Waals surface area contributed by atoms with Gasteiger partial charge >= 0.3 is 0 Å². The van der Waals surface area contributed by atoms with Crippen LogP contribution in [0.15, 0.2) is 73.1 Å². The summed E-state index contributed by atoms with van der Waals surface area (Å²) >= 11 is 0. The monoisotopic (exact) mass is 568 g/mol. The zero-order valence-corrected chi connectivity index (χ0v) is 23.4. The van der Waals surface area contributed by atoms with Crippen LogP contribution in [0.3, 0.4) is 0 Å². The lowest BCUT2D eigenvalue weighted by atomic mass is 10.1. The number of ether oxygens (including phenoxy) is 1. The largest absolute Gasteiger partial charge is 0.394 e. The van der Waals surface area contributed by atoms with E-state index in [4.69, 9.17) is 4.74 Å². The normalized spacial score (nSPS) is 15.3. The number of aliphatic hydroxyl groups is 1. The van der Waals surface area contributed by atoms with Crippen LogP contribution in [-0.2, 0) is 9.53 Å². The molecule has 0 radical (unpaired) electrons. The van der Waals surface area contributed by atoms with Crippen LogP contribution in [0.25, 0.3) is 22.2 Å². The van der Waals surface area contributed by atoms with Crippen LogP contribution >= 0.6 is 0 Å². The Balaban J connectivity index is 1.35. The summed E-state index contributed by atoms with van der Waals surface area (Å²) in [4.78, 5) is 47.4. The Hall–Kier alpha value is -4.78. The van der Waals surface area contributed by atoms with Crippen LogP contribution < -0.4 is 15.5 Å².